The Morgan fingerprint density at radius 1 is 1.43 bits per heavy atom. The molecule has 0 unspecified atom stereocenters. The molecule has 4 heteroatoms. The highest BCUT2D eigenvalue weighted by atomic mass is 16.3. The van der Waals surface area contributed by atoms with E-state index < -0.39 is 0 Å². The molecule has 0 saturated heterocycles. The number of furan rings is 1. The minimum Gasteiger partial charge on any atom is -0.449 e. The first-order valence-corrected chi connectivity index (χ1v) is 4.95. The van der Waals surface area contributed by atoms with Crippen LogP contribution in [0.15, 0.2) is 22.8 Å². The van der Waals surface area contributed by atoms with Gasteiger partial charge >= 0.3 is 6.03 Å². The summed E-state index contributed by atoms with van der Waals surface area (Å²) in [5, 5.41) is 5.54. The van der Waals surface area contributed by atoms with Crippen LogP contribution in [0.5, 0.6) is 0 Å². The van der Waals surface area contributed by atoms with Gasteiger partial charge in [0.05, 0.1) is 6.26 Å². The fraction of sp³-hybridized carbons (Fsp3) is 0.500. The molecule has 0 radical (unpaired) electrons. The van der Waals surface area contributed by atoms with Crippen LogP contribution in [-0.2, 0) is 0 Å². The molecule has 1 aliphatic rings. The Hall–Kier alpha value is -1.45. The van der Waals surface area contributed by atoms with E-state index in [0.717, 1.165) is 12.8 Å². The molecule has 2 amide bonds. The number of carbonyl (C=O) groups excluding carboxylic acids is 1. The van der Waals surface area contributed by atoms with Crippen molar-refractivity contribution in [3.63, 3.8) is 0 Å². The molecule has 14 heavy (non-hydrogen) atoms. The molecule has 1 heterocycles. The lowest BCUT2D eigenvalue weighted by Crippen LogP contribution is -2.36. The summed E-state index contributed by atoms with van der Waals surface area (Å²) in [6, 6.07) is 3.62. The standard InChI is InChI=1S/C10H14N2O2/c13-10(11-8-4-1-2-5-8)12-9-6-3-7-14-9/h3,6-8H,1-2,4-5H2,(H2,11,12,13). The van der Waals surface area contributed by atoms with E-state index in [-0.39, 0.29) is 6.03 Å². The van der Waals surface area contributed by atoms with Crippen LogP contribution in [0.3, 0.4) is 0 Å². The lowest BCUT2D eigenvalue weighted by Gasteiger charge is -2.11. The van der Waals surface area contributed by atoms with E-state index in [0.29, 0.717) is 11.9 Å². The maximum atomic E-state index is 11.4. The predicted octanol–water partition coefficient (Wildman–Crippen LogP) is 2.34. The Labute approximate surface area is 82.7 Å². The highest BCUT2D eigenvalue weighted by Gasteiger charge is 2.17. The summed E-state index contributed by atoms with van der Waals surface area (Å²) in [6.07, 6.45) is 6.14. The van der Waals surface area contributed by atoms with Crippen molar-refractivity contribution in [2.45, 2.75) is 31.7 Å². The molecule has 1 saturated carbocycles. The molecule has 76 valence electrons. The van der Waals surface area contributed by atoms with Gasteiger partial charge < -0.3 is 9.73 Å². The topological polar surface area (TPSA) is 54.3 Å². The van der Waals surface area contributed by atoms with Gasteiger partial charge in [0, 0.05) is 12.1 Å². The highest BCUT2D eigenvalue weighted by molar-refractivity contribution is 5.87. The van der Waals surface area contributed by atoms with Crippen LogP contribution in [-0.4, -0.2) is 12.1 Å². The molecular formula is C10H14N2O2. The Morgan fingerprint density at radius 3 is 2.86 bits per heavy atom. The van der Waals surface area contributed by atoms with Gasteiger partial charge in [-0.2, -0.15) is 0 Å². The van der Waals surface area contributed by atoms with Gasteiger partial charge in [0.25, 0.3) is 0 Å². The largest absolute Gasteiger partial charge is 0.449 e. The van der Waals surface area contributed by atoms with Gasteiger partial charge in [0.2, 0.25) is 5.88 Å². The van der Waals surface area contributed by atoms with Crippen molar-refractivity contribution >= 4 is 11.9 Å². The molecular weight excluding hydrogens is 180 g/mol. The molecule has 0 aliphatic heterocycles. The van der Waals surface area contributed by atoms with Crippen LogP contribution in [0.1, 0.15) is 25.7 Å². The molecule has 2 rings (SSSR count). The molecule has 0 bridgehead atoms. The third-order valence-corrected chi connectivity index (χ3v) is 2.45. The van der Waals surface area contributed by atoms with Crippen molar-refractivity contribution in [2.24, 2.45) is 0 Å². The van der Waals surface area contributed by atoms with Crippen LogP contribution in [0.2, 0.25) is 0 Å². The van der Waals surface area contributed by atoms with Gasteiger partial charge in [-0.15, -0.1) is 0 Å². The average molecular weight is 194 g/mol. The van der Waals surface area contributed by atoms with Crippen molar-refractivity contribution in [1.29, 1.82) is 0 Å². The van der Waals surface area contributed by atoms with Gasteiger partial charge in [-0.25, -0.2) is 4.79 Å². The zero-order valence-electron chi connectivity index (χ0n) is 7.95. The average Bonchev–Trinajstić information content (AvgIpc) is 2.76. The maximum absolute atomic E-state index is 11.4. The van der Waals surface area contributed by atoms with Gasteiger partial charge in [0.1, 0.15) is 0 Å². The molecule has 0 atom stereocenters. The van der Waals surface area contributed by atoms with Crippen LogP contribution in [0, 0.1) is 0 Å². The van der Waals surface area contributed by atoms with E-state index in [1.54, 1.807) is 12.1 Å². The SMILES string of the molecule is O=C(Nc1ccco1)NC1CCCC1. The number of amides is 2. The van der Waals surface area contributed by atoms with Crippen LogP contribution >= 0.6 is 0 Å². The number of rotatable bonds is 2. The fourth-order valence-electron chi connectivity index (χ4n) is 1.75. The summed E-state index contributed by atoms with van der Waals surface area (Å²) >= 11 is 0. The lowest BCUT2D eigenvalue weighted by atomic mass is 10.3. The maximum Gasteiger partial charge on any atom is 0.321 e. The fourth-order valence-corrected chi connectivity index (χ4v) is 1.75. The summed E-state index contributed by atoms with van der Waals surface area (Å²) in [6.45, 7) is 0. The molecule has 0 aromatic carbocycles. The van der Waals surface area contributed by atoms with Gasteiger partial charge in [-0.05, 0) is 18.9 Å². The molecule has 1 aromatic rings. The normalized spacial score (nSPS) is 16.9. The van der Waals surface area contributed by atoms with E-state index in [2.05, 4.69) is 10.6 Å². The second-order valence-corrected chi connectivity index (χ2v) is 3.56. The molecule has 2 N–H and O–H groups in total. The molecule has 0 spiro atoms. The Bertz CT molecular complexity index is 289. The van der Waals surface area contributed by atoms with E-state index in [1.165, 1.54) is 19.1 Å². The number of anilines is 1. The van der Waals surface area contributed by atoms with Crippen LogP contribution < -0.4 is 10.6 Å². The quantitative estimate of drug-likeness (QED) is 0.759. The Morgan fingerprint density at radius 2 is 2.21 bits per heavy atom. The molecule has 1 fully saturated rings. The van der Waals surface area contributed by atoms with Crippen LogP contribution in [0.25, 0.3) is 0 Å². The van der Waals surface area contributed by atoms with E-state index in [4.69, 9.17) is 4.42 Å². The third-order valence-electron chi connectivity index (χ3n) is 2.45. The molecule has 1 aromatic heterocycles. The van der Waals surface area contributed by atoms with E-state index >= 15 is 0 Å². The third kappa shape index (κ3) is 2.28. The first-order valence-electron chi connectivity index (χ1n) is 4.95. The zero-order valence-corrected chi connectivity index (χ0v) is 7.95. The Balaban J connectivity index is 1.78. The van der Waals surface area contributed by atoms with Gasteiger partial charge in [-0.3, -0.25) is 5.32 Å². The van der Waals surface area contributed by atoms with E-state index in [1.807, 2.05) is 0 Å². The van der Waals surface area contributed by atoms with Gasteiger partial charge in [0.15, 0.2) is 0 Å². The van der Waals surface area contributed by atoms with Crippen molar-refractivity contribution in [3.8, 4) is 0 Å². The van der Waals surface area contributed by atoms with Crippen molar-refractivity contribution in [1.82, 2.24) is 5.32 Å². The van der Waals surface area contributed by atoms with Crippen molar-refractivity contribution in [2.75, 3.05) is 5.32 Å². The number of hydrogen-bond donors (Lipinski definition) is 2. The number of carbonyl (C=O) groups is 1. The number of urea groups is 1. The minimum atomic E-state index is -0.174. The molecule has 4 nitrogen and oxygen atoms in total. The first-order chi connectivity index (χ1) is 6.84. The summed E-state index contributed by atoms with van der Waals surface area (Å²) in [4.78, 5) is 11.4. The lowest BCUT2D eigenvalue weighted by molar-refractivity contribution is 0.248. The number of hydrogen-bond acceptors (Lipinski definition) is 2. The second kappa shape index (κ2) is 4.17. The molecule has 1 aliphatic carbocycles. The van der Waals surface area contributed by atoms with Crippen molar-refractivity contribution < 1.29 is 9.21 Å². The second-order valence-electron chi connectivity index (χ2n) is 3.56. The summed E-state index contributed by atoms with van der Waals surface area (Å²) < 4.78 is 5.00. The zero-order chi connectivity index (χ0) is 9.80. The predicted molar refractivity (Wildman–Crippen MR) is 53.1 cm³/mol. The minimum absolute atomic E-state index is 0.174. The Kier molecular flexibility index (Phi) is 2.72. The van der Waals surface area contributed by atoms with Gasteiger partial charge in [-0.1, -0.05) is 12.8 Å². The number of nitrogens with one attached hydrogen (secondary N) is 2. The van der Waals surface area contributed by atoms with E-state index in [9.17, 15) is 4.79 Å². The summed E-state index contributed by atoms with van der Waals surface area (Å²) in [7, 11) is 0. The van der Waals surface area contributed by atoms with Crippen molar-refractivity contribution in [3.05, 3.63) is 18.4 Å². The smallest absolute Gasteiger partial charge is 0.321 e. The first kappa shape index (κ1) is 9.12. The summed E-state index contributed by atoms with van der Waals surface area (Å²) in [5.41, 5.74) is 0. The van der Waals surface area contributed by atoms with Crippen LogP contribution in [0.4, 0.5) is 10.7 Å². The highest BCUT2D eigenvalue weighted by Crippen LogP contribution is 2.17. The monoisotopic (exact) mass is 194 g/mol. The summed E-state index contributed by atoms with van der Waals surface area (Å²) in [5.74, 6) is 0.487.